The third-order valence-electron chi connectivity index (χ3n) is 4.65. The van der Waals surface area contributed by atoms with E-state index < -0.39 is 10.0 Å². The summed E-state index contributed by atoms with van der Waals surface area (Å²) >= 11 is 12.0. The Morgan fingerprint density at radius 2 is 1.93 bits per heavy atom. The highest BCUT2D eigenvalue weighted by atomic mass is 35.5. The van der Waals surface area contributed by atoms with Gasteiger partial charge in [-0.05, 0) is 43.2 Å². The lowest BCUT2D eigenvalue weighted by molar-refractivity contribution is -0.119. The first-order valence-electron chi connectivity index (χ1n) is 8.61. The number of carbonyl (C=O) groups is 1. The van der Waals surface area contributed by atoms with Gasteiger partial charge in [0.25, 0.3) is 0 Å². The molecule has 1 aliphatic heterocycles. The van der Waals surface area contributed by atoms with Crippen LogP contribution < -0.4 is 4.90 Å². The van der Waals surface area contributed by atoms with Gasteiger partial charge in [0.2, 0.25) is 15.9 Å². The van der Waals surface area contributed by atoms with Crippen molar-refractivity contribution in [3.05, 3.63) is 58.1 Å². The van der Waals surface area contributed by atoms with Gasteiger partial charge in [-0.15, -0.1) is 0 Å². The second-order valence-electron chi connectivity index (χ2n) is 6.45. The Labute approximate surface area is 169 Å². The molecule has 1 amide bonds. The minimum atomic E-state index is -3.95. The normalized spacial score (nSPS) is 16.6. The molecular weight excluding hydrogens is 407 g/mol. The minimum Gasteiger partial charge on any atom is -0.308 e. The Morgan fingerprint density at radius 3 is 2.63 bits per heavy atom. The molecule has 2 aromatic carbocycles. The molecule has 0 saturated carbocycles. The second kappa shape index (κ2) is 7.80. The molecule has 2 aromatic rings. The number of anilines is 1. The number of carbonyl (C=O) groups excluding carboxylic acids is 1. The largest absolute Gasteiger partial charge is 0.308 e. The Balaban J connectivity index is 1.89. The minimum absolute atomic E-state index is 0.0222. The zero-order chi connectivity index (χ0) is 19.8. The van der Waals surface area contributed by atoms with Crippen LogP contribution in [0.1, 0.15) is 19.4 Å². The van der Waals surface area contributed by atoms with Crippen LogP contribution in [0.3, 0.4) is 0 Å². The van der Waals surface area contributed by atoms with Crippen molar-refractivity contribution in [3.8, 4) is 0 Å². The third-order valence-corrected chi connectivity index (χ3v) is 7.29. The van der Waals surface area contributed by atoms with Crippen LogP contribution in [-0.2, 0) is 21.2 Å². The average Bonchev–Trinajstić information content (AvgIpc) is 2.97. The van der Waals surface area contributed by atoms with Gasteiger partial charge in [0.05, 0.1) is 11.6 Å². The van der Waals surface area contributed by atoms with E-state index >= 15 is 0 Å². The number of fused-ring (bicyclic) bond motifs is 1. The average molecular weight is 427 g/mol. The number of para-hydroxylation sites is 1. The van der Waals surface area contributed by atoms with Gasteiger partial charge in [0, 0.05) is 23.3 Å². The van der Waals surface area contributed by atoms with Crippen molar-refractivity contribution < 1.29 is 13.2 Å². The number of amides is 1. The summed E-state index contributed by atoms with van der Waals surface area (Å²) < 4.78 is 27.2. The number of hydrogen-bond acceptors (Lipinski definition) is 3. The van der Waals surface area contributed by atoms with Crippen molar-refractivity contribution in [2.45, 2.75) is 31.2 Å². The molecule has 1 atom stereocenters. The van der Waals surface area contributed by atoms with Crippen molar-refractivity contribution in [2.75, 3.05) is 18.0 Å². The van der Waals surface area contributed by atoms with E-state index in [1.54, 1.807) is 11.8 Å². The third kappa shape index (κ3) is 3.85. The highest BCUT2D eigenvalue weighted by molar-refractivity contribution is 7.89. The highest BCUT2D eigenvalue weighted by Gasteiger charge is 2.34. The fourth-order valence-corrected chi connectivity index (χ4v) is 5.49. The number of halogens is 2. The maximum Gasteiger partial charge on any atom is 0.245 e. The van der Waals surface area contributed by atoms with E-state index in [4.69, 9.17) is 23.2 Å². The molecule has 0 aromatic heterocycles. The first-order chi connectivity index (χ1) is 12.8. The summed E-state index contributed by atoms with van der Waals surface area (Å²) in [6, 6.07) is 11.9. The van der Waals surface area contributed by atoms with E-state index in [-0.39, 0.29) is 40.0 Å². The van der Waals surface area contributed by atoms with Crippen molar-refractivity contribution in [1.82, 2.24) is 4.31 Å². The van der Waals surface area contributed by atoms with Crippen LogP contribution in [0.4, 0.5) is 5.69 Å². The van der Waals surface area contributed by atoms with E-state index in [2.05, 4.69) is 0 Å². The smallest absolute Gasteiger partial charge is 0.245 e. The van der Waals surface area contributed by atoms with Crippen LogP contribution in [0.15, 0.2) is 47.4 Å². The van der Waals surface area contributed by atoms with Crippen molar-refractivity contribution in [2.24, 2.45) is 0 Å². The lowest BCUT2D eigenvalue weighted by Gasteiger charge is -2.27. The number of sulfonamides is 1. The van der Waals surface area contributed by atoms with Crippen LogP contribution in [0.25, 0.3) is 0 Å². The fourth-order valence-electron chi connectivity index (χ4n) is 3.35. The first kappa shape index (κ1) is 20.1. The van der Waals surface area contributed by atoms with Gasteiger partial charge >= 0.3 is 0 Å². The Bertz CT molecular complexity index is 979. The molecular formula is C19H20Cl2N2O3S. The summed E-state index contributed by atoms with van der Waals surface area (Å²) in [5.74, 6) is -0.268. The Morgan fingerprint density at radius 1 is 1.22 bits per heavy atom. The fraction of sp³-hybridized carbons (Fsp3) is 0.316. The Kier molecular flexibility index (Phi) is 5.82. The van der Waals surface area contributed by atoms with Gasteiger partial charge in [-0.3, -0.25) is 4.79 Å². The van der Waals surface area contributed by atoms with Crippen LogP contribution >= 0.6 is 23.2 Å². The van der Waals surface area contributed by atoms with Gasteiger partial charge in [0.1, 0.15) is 4.90 Å². The van der Waals surface area contributed by atoms with Gasteiger partial charge < -0.3 is 4.90 Å². The summed E-state index contributed by atoms with van der Waals surface area (Å²) in [5.41, 5.74) is 1.92. The maximum atomic E-state index is 13.0. The Hall–Kier alpha value is -1.60. The molecule has 0 unspecified atom stereocenters. The standard InChI is InChI=1S/C19H20Cl2N2O3S/c1-3-22(27(25,26)18-11-15(20)8-9-16(18)21)12-19(24)23-13(2)10-14-6-4-5-7-17(14)23/h4-9,11,13H,3,10,12H2,1-2H3/t13-/m1/s1. The molecule has 27 heavy (non-hydrogen) atoms. The molecule has 0 fully saturated rings. The zero-order valence-electron chi connectivity index (χ0n) is 15.0. The number of hydrogen-bond donors (Lipinski definition) is 0. The topological polar surface area (TPSA) is 57.7 Å². The second-order valence-corrected chi connectivity index (χ2v) is 9.20. The highest BCUT2D eigenvalue weighted by Crippen LogP contribution is 2.33. The van der Waals surface area contributed by atoms with Gasteiger partial charge in [-0.25, -0.2) is 8.42 Å². The van der Waals surface area contributed by atoms with Crippen LogP contribution in [0.2, 0.25) is 10.0 Å². The summed E-state index contributed by atoms with van der Waals surface area (Å²) in [6.07, 6.45) is 0.751. The number of likely N-dealkylation sites (N-methyl/N-ethyl adjacent to an activating group) is 1. The maximum absolute atomic E-state index is 13.0. The van der Waals surface area contributed by atoms with E-state index in [9.17, 15) is 13.2 Å². The monoisotopic (exact) mass is 426 g/mol. The molecule has 8 heteroatoms. The van der Waals surface area contributed by atoms with Crippen molar-refractivity contribution >= 4 is 44.8 Å². The summed E-state index contributed by atoms with van der Waals surface area (Å²) in [7, 11) is -3.95. The van der Waals surface area contributed by atoms with E-state index in [0.29, 0.717) is 0 Å². The molecule has 3 rings (SSSR count). The molecule has 144 valence electrons. The molecule has 0 aliphatic carbocycles. The number of rotatable bonds is 5. The molecule has 1 heterocycles. The summed E-state index contributed by atoms with van der Waals surface area (Å²) in [4.78, 5) is 14.6. The van der Waals surface area contributed by atoms with Crippen LogP contribution in [0, 0.1) is 0 Å². The molecule has 0 saturated heterocycles. The molecule has 0 radical (unpaired) electrons. The van der Waals surface area contributed by atoms with Crippen molar-refractivity contribution in [1.29, 1.82) is 0 Å². The van der Waals surface area contributed by atoms with Gasteiger partial charge in [-0.2, -0.15) is 4.31 Å². The van der Waals surface area contributed by atoms with Gasteiger partial charge in [-0.1, -0.05) is 48.3 Å². The zero-order valence-corrected chi connectivity index (χ0v) is 17.4. The number of benzene rings is 2. The van der Waals surface area contributed by atoms with Gasteiger partial charge in [0.15, 0.2) is 0 Å². The van der Waals surface area contributed by atoms with E-state index in [1.165, 1.54) is 18.2 Å². The predicted molar refractivity (Wildman–Crippen MR) is 108 cm³/mol. The molecule has 0 spiro atoms. The lowest BCUT2D eigenvalue weighted by atomic mass is 10.1. The summed E-state index contributed by atoms with van der Waals surface area (Å²) in [6.45, 7) is 3.52. The van der Waals surface area contributed by atoms with E-state index in [1.807, 2.05) is 31.2 Å². The quantitative estimate of drug-likeness (QED) is 0.726. The molecule has 0 bridgehead atoms. The SMILES string of the molecule is CCN(CC(=O)N1c2ccccc2C[C@H]1C)S(=O)(=O)c1cc(Cl)ccc1Cl. The first-order valence-corrected chi connectivity index (χ1v) is 10.8. The van der Waals surface area contributed by atoms with Crippen molar-refractivity contribution in [3.63, 3.8) is 0 Å². The molecule has 1 aliphatic rings. The predicted octanol–water partition coefficient (Wildman–Crippen LogP) is 3.98. The molecule has 5 nitrogen and oxygen atoms in total. The number of nitrogens with zero attached hydrogens (tertiary/aromatic N) is 2. The van der Waals surface area contributed by atoms with Crippen LogP contribution in [0.5, 0.6) is 0 Å². The molecule has 0 N–H and O–H groups in total. The van der Waals surface area contributed by atoms with Crippen LogP contribution in [-0.4, -0.2) is 37.8 Å². The lowest BCUT2D eigenvalue weighted by Crippen LogP contribution is -2.45. The summed E-state index contributed by atoms with van der Waals surface area (Å²) in [5, 5.41) is 0.340. The van der Waals surface area contributed by atoms with E-state index in [0.717, 1.165) is 22.0 Å².